The lowest BCUT2D eigenvalue weighted by Gasteiger charge is -2.20. The van der Waals surface area contributed by atoms with Crippen molar-refractivity contribution in [1.29, 1.82) is 5.26 Å². The zero-order chi connectivity index (χ0) is 30.8. The number of rotatable bonds is 8. The van der Waals surface area contributed by atoms with Gasteiger partial charge in [0.05, 0.1) is 22.0 Å². The Bertz CT molecular complexity index is 1800. The standard InChI is InChI=1S/C29H32ClN7O4S/c1-17-7-26(35-28(38)41-29(3,4)5)34-18(2)23(17)14-32-12-21-16-37(36-24(21)11-31)15-19-8-20-10-22(30)13-33-27(20)25(9-19)42(6,39)40/h7-10,13,16,32H,12,14-15H2,1-6H3,(H,34,35,38). The predicted octanol–water partition coefficient (Wildman–Crippen LogP) is 5.06. The molecule has 0 bridgehead atoms. The van der Waals surface area contributed by atoms with Crippen molar-refractivity contribution in [2.75, 3.05) is 11.6 Å². The van der Waals surface area contributed by atoms with Gasteiger partial charge in [0.2, 0.25) is 0 Å². The van der Waals surface area contributed by atoms with Gasteiger partial charge in [0, 0.05) is 48.4 Å². The third-order valence-electron chi connectivity index (χ3n) is 6.26. The number of amides is 1. The minimum Gasteiger partial charge on any atom is -0.444 e. The van der Waals surface area contributed by atoms with E-state index in [1.165, 1.54) is 6.20 Å². The third kappa shape index (κ3) is 7.61. The van der Waals surface area contributed by atoms with Crippen molar-refractivity contribution in [3.63, 3.8) is 0 Å². The molecule has 0 atom stereocenters. The second kappa shape index (κ2) is 12.1. The number of ether oxygens (including phenoxy) is 1. The molecule has 1 amide bonds. The Morgan fingerprint density at radius 2 is 1.90 bits per heavy atom. The number of aryl methyl sites for hydroxylation is 2. The Balaban J connectivity index is 1.48. The predicted molar refractivity (Wildman–Crippen MR) is 160 cm³/mol. The quantitative estimate of drug-likeness (QED) is 0.279. The molecule has 0 aliphatic carbocycles. The van der Waals surface area contributed by atoms with Crippen molar-refractivity contribution in [2.45, 2.75) is 64.7 Å². The van der Waals surface area contributed by atoms with Gasteiger partial charge in [0.15, 0.2) is 15.5 Å². The first-order chi connectivity index (χ1) is 19.6. The Labute approximate surface area is 249 Å². The van der Waals surface area contributed by atoms with E-state index >= 15 is 0 Å². The normalized spacial score (nSPS) is 11.9. The highest BCUT2D eigenvalue weighted by Gasteiger charge is 2.19. The van der Waals surface area contributed by atoms with E-state index in [2.05, 4.69) is 31.8 Å². The molecule has 11 nitrogen and oxygen atoms in total. The van der Waals surface area contributed by atoms with Crippen LogP contribution < -0.4 is 10.6 Å². The average molecular weight is 610 g/mol. The first kappa shape index (κ1) is 30.9. The van der Waals surface area contributed by atoms with Crippen LogP contribution in [0.3, 0.4) is 0 Å². The summed E-state index contributed by atoms with van der Waals surface area (Å²) < 4.78 is 31.8. The Morgan fingerprint density at radius 1 is 1.17 bits per heavy atom. The highest BCUT2D eigenvalue weighted by molar-refractivity contribution is 7.91. The molecule has 1 aromatic carbocycles. The molecule has 220 valence electrons. The maximum atomic E-state index is 12.5. The van der Waals surface area contributed by atoms with Crippen molar-refractivity contribution < 1.29 is 17.9 Å². The lowest BCUT2D eigenvalue weighted by atomic mass is 10.1. The third-order valence-corrected chi connectivity index (χ3v) is 7.58. The summed E-state index contributed by atoms with van der Waals surface area (Å²) in [5.74, 6) is 0.404. The van der Waals surface area contributed by atoms with Crippen molar-refractivity contribution in [3.05, 3.63) is 75.3 Å². The molecule has 0 spiro atoms. The van der Waals surface area contributed by atoms with Gasteiger partial charge in [-0.3, -0.25) is 15.0 Å². The summed E-state index contributed by atoms with van der Waals surface area (Å²) in [5, 5.41) is 21.1. The van der Waals surface area contributed by atoms with Gasteiger partial charge in [-0.2, -0.15) is 10.4 Å². The second-order valence-corrected chi connectivity index (χ2v) is 13.4. The molecule has 42 heavy (non-hydrogen) atoms. The highest BCUT2D eigenvalue weighted by Crippen LogP contribution is 2.26. The summed E-state index contributed by atoms with van der Waals surface area (Å²) >= 11 is 6.10. The molecule has 0 saturated carbocycles. The molecule has 4 aromatic rings. The molecule has 13 heteroatoms. The van der Waals surface area contributed by atoms with Crippen LogP contribution in [0.5, 0.6) is 0 Å². The van der Waals surface area contributed by atoms with Gasteiger partial charge in [-0.05, 0) is 75.6 Å². The van der Waals surface area contributed by atoms with Crippen LogP contribution in [-0.2, 0) is 34.2 Å². The topological polar surface area (TPSA) is 152 Å². The molecule has 0 radical (unpaired) electrons. The van der Waals surface area contributed by atoms with Crippen LogP contribution in [0.15, 0.2) is 41.6 Å². The molecule has 4 rings (SSSR count). The van der Waals surface area contributed by atoms with Gasteiger partial charge in [-0.1, -0.05) is 11.6 Å². The number of hydrogen-bond donors (Lipinski definition) is 2. The molecular formula is C29H32ClN7O4S. The lowest BCUT2D eigenvalue weighted by Crippen LogP contribution is -2.27. The van der Waals surface area contributed by atoms with Crippen molar-refractivity contribution in [2.24, 2.45) is 0 Å². The zero-order valence-electron chi connectivity index (χ0n) is 24.2. The van der Waals surface area contributed by atoms with E-state index in [9.17, 15) is 18.5 Å². The average Bonchev–Trinajstić information content (AvgIpc) is 3.24. The van der Waals surface area contributed by atoms with Gasteiger partial charge in [-0.15, -0.1) is 0 Å². The van der Waals surface area contributed by atoms with Crippen LogP contribution in [0.1, 0.15) is 54.4 Å². The lowest BCUT2D eigenvalue weighted by molar-refractivity contribution is 0.0635. The number of hydrogen-bond acceptors (Lipinski definition) is 9. The minimum absolute atomic E-state index is 0.105. The van der Waals surface area contributed by atoms with Crippen molar-refractivity contribution >= 4 is 44.3 Å². The van der Waals surface area contributed by atoms with Gasteiger partial charge in [0.1, 0.15) is 17.5 Å². The number of aromatic nitrogens is 4. The van der Waals surface area contributed by atoms with Crippen LogP contribution in [0.2, 0.25) is 5.02 Å². The minimum atomic E-state index is -3.56. The largest absolute Gasteiger partial charge is 0.444 e. The number of benzene rings is 1. The summed E-state index contributed by atoms with van der Waals surface area (Å²) in [6.07, 6.45) is 3.74. The van der Waals surface area contributed by atoms with E-state index in [-0.39, 0.29) is 17.1 Å². The first-order valence-electron chi connectivity index (χ1n) is 13.1. The Morgan fingerprint density at radius 3 is 2.55 bits per heavy atom. The van der Waals surface area contributed by atoms with E-state index in [1.807, 2.05) is 19.9 Å². The Hall–Kier alpha value is -4.05. The van der Waals surface area contributed by atoms with Crippen molar-refractivity contribution in [3.8, 4) is 6.07 Å². The summed E-state index contributed by atoms with van der Waals surface area (Å²) in [5.41, 5.74) is 4.01. The fourth-order valence-electron chi connectivity index (χ4n) is 4.50. The number of halogens is 1. The number of nitriles is 1. The number of carbonyl (C=O) groups excluding carboxylic acids is 1. The van der Waals surface area contributed by atoms with Crippen LogP contribution in [0.25, 0.3) is 10.9 Å². The van der Waals surface area contributed by atoms with Crippen molar-refractivity contribution in [1.82, 2.24) is 25.1 Å². The SMILES string of the molecule is Cc1cc(NC(=O)OC(C)(C)C)nc(C)c1CNCc1cn(Cc2cc(S(C)(=O)=O)c3ncc(Cl)cc3c2)nc1C#N. The number of nitrogens with zero attached hydrogens (tertiary/aromatic N) is 5. The number of anilines is 1. The highest BCUT2D eigenvalue weighted by atomic mass is 35.5. The molecule has 3 heterocycles. The molecule has 0 saturated heterocycles. The maximum Gasteiger partial charge on any atom is 0.413 e. The smallest absolute Gasteiger partial charge is 0.413 e. The summed E-state index contributed by atoms with van der Waals surface area (Å²) in [6, 6.07) is 8.96. The van der Waals surface area contributed by atoms with E-state index in [0.29, 0.717) is 46.0 Å². The van der Waals surface area contributed by atoms with Gasteiger partial charge in [0.25, 0.3) is 0 Å². The number of nitrogens with one attached hydrogen (secondary N) is 2. The molecule has 0 unspecified atom stereocenters. The molecular weight excluding hydrogens is 578 g/mol. The second-order valence-electron chi connectivity index (χ2n) is 11.0. The van der Waals surface area contributed by atoms with Gasteiger partial charge in [-0.25, -0.2) is 18.2 Å². The molecule has 3 aromatic heterocycles. The molecule has 2 N–H and O–H groups in total. The van der Waals surface area contributed by atoms with Crippen LogP contribution >= 0.6 is 11.6 Å². The summed E-state index contributed by atoms with van der Waals surface area (Å²) in [4.78, 5) is 20.9. The van der Waals surface area contributed by atoms with E-state index < -0.39 is 21.5 Å². The van der Waals surface area contributed by atoms with E-state index in [4.69, 9.17) is 16.3 Å². The maximum absolute atomic E-state index is 12.5. The first-order valence-corrected chi connectivity index (χ1v) is 15.3. The zero-order valence-corrected chi connectivity index (χ0v) is 25.8. The van der Waals surface area contributed by atoms with Crippen LogP contribution in [0.4, 0.5) is 10.6 Å². The fraction of sp³-hybridized carbons (Fsp3) is 0.345. The van der Waals surface area contributed by atoms with E-state index in [1.54, 1.807) is 49.8 Å². The molecule has 0 aliphatic heterocycles. The Kier molecular flexibility index (Phi) is 8.87. The van der Waals surface area contributed by atoms with Gasteiger partial charge < -0.3 is 10.1 Å². The van der Waals surface area contributed by atoms with Gasteiger partial charge >= 0.3 is 6.09 Å². The number of fused-ring (bicyclic) bond motifs is 1. The van der Waals surface area contributed by atoms with E-state index in [0.717, 1.165) is 23.1 Å². The van der Waals surface area contributed by atoms with Crippen LogP contribution in [-0.4, -0.2) is 46.1 Å². The monoisotopic (exact) mass is 609 g/mol. The number of carbonyl (C=O) groups is 1. The summed E-state index contributed by atoms with van der Waals surface area (Å²) in [7, 11) is -3.56. The van der Waals surface area contributed by atoms with Crippen LogP contribution in [0, 0.1) is 25.2 Å². The molecule has 0 aliphatic rings. The molecule has 0 fully saturated rings. The summed E-state index contributed by atoms with van der Waals surface area (Å²) in [6.45, 7) is 10.3. The number of pyridine rings is 2. The fourth-order valence-corrected chi connectivity index (χ4v) is 5.55. The number of sulfone groups is 1.